The minimum atomic E-state index is -0.806. The molecule has 0 saturated carbocycles. The SMILES string of the molecule is CC(C)C(NC(=O)OCC(C)(C)C)C(=O)CC1CCc2cn[nH]c2CCCCNC(=O)C1=O. The van der Waals surface area contributed by atoms with Crippen LogP contribution in [0.1, 0.15) is 71.6 Å². The number of rotatable bonds is 6. The van der Waals surface area contributed by atoms with Gasteiger partial charge in [0.05, 0.1) is 18.8 Å². The number of amides is 2. The number of nitrogens with one attached hydrogen (secondary N) is 3. The summed E-state index contributed by atoms with van der Waals surface area (Å²) in [5.41, 5.74) is 1.84. The summed E-state index contributed by atoms with van der Waals surface area (Å²) in [5, 5.41) is 12.4. The number of alkyl carbamates (subject to hydrolysis) is 1. The first kappa shape index (κ1) is 26.5. The maximum absolute atomic E-state index is 13.1. The van der Waals surface area contributed by atoms with Crippen LogP contribution < -0.4 is 10.6 Å². The number of hydrogen-bond acceptors (Lipinski definition) is 6. The van der Waals surface area contributed by atoms with Crippen LogP contribution >= 0.6 is 0 Å². The first-order chi connectivity index (χ1) is 15.5. The quantitative estimate of drug-likeness (QED) is 0.557. The Morgan fingerprint density at radius 1 is 1.21 bits per heavy atom. The molecular formula is C24H38N4O5. The Morgan fingerprint density at radius 3 is 2.61 bits per heavy atom. The van der Waals surface area contributed by atoms with E-state index in [4.69, 9.17) is 4.74 Å². The average molecular weight is 463 g/mol. The average Bonchev–Trinajstić information content (AvgIpc) is 3.18. The molecule has 0 aliphatic carbocycles. The zero-order chi connectivity index (χ0) is 24.6. The number of aromatic amines is 1. The highest BCUT2D eigenvalue weighted by Crippen LogP contribution is 2.21. The second-order valence-electron chi connectivity index (χ2n) is 10.4. The van der Waals surface area contributed by atoms with E-state index in [1.807, 2.05) is 34.6 Å². The minimum Gasteiger partial charge on any atom is -0.449 e. The van der Waals surface area contributed by atoms with Gasteiger partial charge in [-0.25, -0.2) is 4.79 Å². The fraction of sp³-hybridized carbons (Fsp3) is 0.708. The van der Waals surface area contributed by atoms with Crippen molar-refractivity contribution < 1.29 is 23.9 Å². The zero-order valence-electron chi connectivity index (χ0n) is 20.5. The number of ketones is 2. The molecule has 2 rings (SSSR count). The van der Waals surface area contributed by atoms with Crippen molar-refractivity contribution in [3.8, 4) is 0 Å². The summed E-state index contributed by atoms with van der Waals surface area (Å²) in [4.78, 5) is 50.7. The standard InChI is InChI=1S/C24H38N4O5/c1-15(2)20(27-23(32)33-14-24(3,4)5)19(29)12-16-9-10-17-13-26-28-18(17)8-6-7-11-25-22(31)21(16)30/h13,15-16,20H,6-12,14H2,1-5H3,(H,25,31)(H,26,28)(H,27,32). The molecule has 0 saturated heterocycles. The first-order valence-corrected chi connectivity index (χ1v) is 11.8. The molecule has 0 fully saturated rings. The molecule has 1 aliphatic rings. The predicted octanol–water partition coefficient (Wildman–Crippen LogP) is 2.74. The number of hydrogen-bond donors (Lipinski definition) is 3. The monoisotopic (exact) mass is 462 g/mol. The van der Waals surface area contributed by atoms with Crippen molar-refractivity contribution in [2.75, 3.05) is 13.2 Å². The lowest BCUT2D eigenvalue weighted by Crippen LogP contribution is -2.46. The van der Waals surface area contributed by atoms with Crippen LogP contribution in [0.4, 0.5) is 4.79 Å². The largest absolute Gasteiger partial charge is 0.449 e. The van der Waals surface area contributed by atoms with E-state index in [-0.39, 0.29) is 30.1 Å². The van der Waals surface area contributed by atoms with E-state index in [9.17, 15) is 19.2 Å². The van der Waals surface area contributed by atoms with Gasteiger partial charge >= 0.3 is 6.09 Å². The van der Waals surface area contributed by atoms with Crippen molar-refractivity contribution in [2.45, 2.75) is 79.2 Å². The molecule has 1 aromatic rings. The van der Waals surface area contributed by atoms with Gasteiger partial charge in [-0.3, -0.25) is 19.5 Å². The first-order valence-electron chi connectivity index (χ1n) is 11.8. The fourth-order valence-electron chi connectivity index (χ4n) is 3.77. The van der Waals surface area contributed by atoms with Crippen LogP contribution in [0.25, 0.3) is 0 Å². The molecule has 2 amide bonds. The van der Waals surface area contributed by atoms with Crippen LogP contribution in [0.2, 0.25) is 0 Å². The van der Waals surface area contributed by atoms with Gasteiger partial charge in [-0.05, 0) is 49.0 Å². The Balaban J connectivity index is 2.11. The molecule has 2 atom stereocenters. The number of fused-ring (bicyclic) bond motifs is 1. The van der Waals surface area contributed by atoms with Crippen LogP contribution in [-0.4, -0.2) is 53.0 Å². The van der Waals surface area contributed by atoms with Gasteiger partial charge in [0.2, 0.25) is 5.78 Å². The molecular weight excluding hydrogens is 424 g/mol. The van der Waals surface area contributed by atoms with Gasteiger partial charge in [0.15, 0.2) is 5.78 Å². The molecule has 1 aromatic heterocycles. The third kappa shape index (κ3) is 8.63. The molecule has 9 heteroatoms. The molecule has 184 valence electrons. The second-order valence-corrected chi connectivity index (χ2v) is 10.4. The molecule has 0 bridgehead atoms. The van der Waals surface area contributed by atoms with E-state index < -0.39 is 29.7 Å². The van der Waals surface area contributed by atoms with Crippen LogP contribution in [0.3, 0.4) is 0 Å². The maximum Gasteiger partial charge on any atom is 0.407 e. The molecule has 1 aliphatic heterocycles. The molecule has 0 radical (unpaired) electrons. The maximum atomic E-state index is 13.1. The van der Waals surface area contributed by atoms with Crippen molar-refractivity contribution in [3.63, 3.8) is 0 Å². The molecule has 0 spiro atoms. The van der Waals surface area contributed by atoms with E-state index in [0.29, 0.717) is 19.4 Å². The smallest absolute Gasteiger partial charge is 0.407 e. The predicted molar refractivity (Wildman–Crippen MR) is 124 cm³/mol. The Hall–Kier alpha value is -2.71. The topological polar surface area (TPSA) is 130 Å². The van der Waals surface area contributed by atoms with Crippen LogP contribution in [-0.2, 0) is 32.0 Å². The number of aromatic nitrogens is 2. The summed E-state index contributed by atoms with van der Waals surface area (Å²) in [6, 6.07) is -0.806. The number of Topliss-reactive ketones (excluding diaryl/α,β-unsaturated/α-hetero) is 2. The molecule has 2 heterocycles. The third-order valence-corrected chi connectivity index (χ3v) is 5.67. The van der Waals surface area contributed by atoms with Crippen molar-refractivity contribution in [1.29, 1.82) is 0 Å². The van der Waals surface area contributed by atoms with Gasteiger partial charge in [0, 0.05) is 24.6 Å². The highest BCUT2D eigenvalue weighted by molar-refractivity contribution is 6.37. The van der Waals surface area contributed by atoms with Crippen LogP contribution in [0.5, 0.6) is 0 Å². The summed E-state index contributed by atoms with van der Waals surface area (Å²) in [6.45, 7) is 10.1. The molecule has 3 N–H and O–H groups in total. The number of ether oxygens (including phenoxy) is 1. The lowest BCUT2D eigenvalue weighted by molar-refractivity contribution is -0.141. The highest BCUT2D eigenvalue weighted by atomic mass is 16.5. The zero-order valence-corrected chi connectivity index (χ0v) is 20.5. The minimum absolute atomic E-state index is 0.123. The Bertz CT molecular complexity index is 840. The highest BCUT2D eigenvalue weighted by Gasteiger charge is 2.32. The van der Waals surface area contributed by atoms with E-state index in [2.05, 4.69) is 20.8 Å². The van der Waals surface area contributed by atoms with Gasteiger partial charge in [0.25, 0.3) is 5.91 Å². The summed E-state index contributed by atoms with van der Waals surface area (Å²) >= 11 is 0. The second kappa shape index (κ2) is 12.0. The summed E-state index contributed by atoms with van der Waals surface area (Å²) in [6.07, 6.45) is 4.28. The van der Waals surface area contributed by atoms with Gasteiger partial charge in [-0.2, -0.15) is 5.10 Å². The number of carbonyl (C=O) groups is 4. The number of aryl methyl sites for hydroxylation is 2. The normalized spacial score (nSPS) is 19.0. The Kier molecular flexibility index (Phi) is 9.61. The Labute approximate surface area is 195 Å². The third-order valence-electron chi connectivity index (χ3n) is 5.67. The lowest BCUT2D eigenvalue weighted by atomic mass is 9.86. The van der Waals surface area contributed by atoms with Gasteiger partial charge < -0.3 is 15.4 Å². The summed E-state index contributed by atoms with van der Waals surface area (Å²) in [7, 11) is 0. The summed E-state index contributed by atoms with van der Waals surface area (Å²) < 4.78 is 5.24. The number of carbonyl (C=O) groups excluding carboxylic acids is 4. The van der Waals surface area contributed by atoms with Crippen LogP contribution in [0.15, 0.2) is 6.20 Å². The number of nitrogens with zero attached hydrogens (tertiary/aromatic N) is 1. The lowest BCUT2D eigenvalue weighted by Gasteiger charge is -2.24. The van der Waals surface area contributed by atoms with Crippen molar-refractivity contribution in [1.82, 2.24) is 20.8 Å². The fourth-order valence-corrected chi connectivity index (χ4v) is 3.77. The van der Waals surface area contributed by atoms with Gasteiger partial charge in [-0.1, -0.05) is 34.6 Å². The van der Waals surface area contributed by atoms with E-state index >= 15 is 0 Å². The van der Waals surface area contributed by atoms with Gasteiger partial charge in [-0.15, -0.1) is 0 Å². The summed E-state index contributed by atoms with van der Waals surface area (Å²) in [5.74, 6) is -2.50. The van der Waals surface area contributed by atoms with E-state index in [1.54, 1.807) is 6.20 Å². The molecule has 33 heavy (non-hydrogen) atoms. The Morgan fingerprint density at radius 2 is 1.94 bits per heavy atom. The van der Waals surface area contributed by atoms with E-state index in [0.717, 1.165) is 30.5 Å². The van der Waals surface area contributed by atoms with Crippen molar-refractivity contribution >= 4 is 23.6 Å². The van der Waals surface area contributed by atoms with Crippen LogP contribution in [0, 0.1) is 17.3 Å². The molecule has 9 nitrogen and oxygen atoms in total. The van der Waals surface area contributed by atoms with E-state index in [1.165, 1.54) is 0 Å². The molecule has 2 unspecified atom stereocenters. The van der Waals surface area contributed by atoms with Crippen molar-refractivity contribution in [2.24, 2.45) is 17.3 Å². The van der Waals surface area contributed by atoms with Crippen molar-refractivity contribution in [3.05, 3.63) is 17.5 Å². The molecule has 0 aromatic carbocycles. The number of H-pyrrole nitrogens is 1. The van der Waals surface area contributed by atoms with Gasteiger partial charge in [0.1, 0.15) is 0 Å².